The fraction of sp³-hybridized carbons (Fsp3) is 0.583. The molecule has 0 radical (unpaired) electrons. The quantitative estimate of drug-likeness (QED) is 0.854. The number of carbonyl (C=O) groups is 2. The van der Waals surface area contributed by atoms with Gasteiger partial charge in [-0.15, -0.1) is 11.3 Å². The van der Waals surface area contributed by atoms with Gasteiger partial charge in [0.1, 0.15) is 4.88 Å². The third-order valence-corrected chi connectivity index (χ3v) is 4.43. The highest BCUT2D eigenvalue weighted by Crippen LogP contribution is 2.45. The molecule has 0 unspecified atom stereocenters. The molecule has 0 aliphatic heterocycles. The first kappa shape index (κ1) is 13.0. The van der Waals surface area contributed by atoms with Gasteiger partial charge < -0.3 is 10.4 Å². The average molecular weight is 268 g/mol. The first-order valence-electron chi connectivity index (χ1n) is 5.92. The van der Waals surface area contributed by atoms with Crippen LogP contribution in [0.3, 0.4) is 0 Å². The van der Waals surface area contributed by atoms with E-state index in [0.717, 1.165) is 5.01 Å². The van der Waals surface area contributed by atoms with E-state index in [1.165, 1.54) is 11.3 Å². The van der Waals surface area contributed by atoms with E-state index in [9.17, 15) is 9.59 Å². The van der Waals surface area contributed by atoms with Crippen molar-refractivity contribution in [3.8, 4) is 0 Å². The van der Waals surface area contributed by atoms with E-state index in [4.69, 9.17) is 5.11 Å². The molecule has 1 fully saturated rings. The van der Waals surface area contributed by atoms with Crippen LogP contribution in [0.4, 0.5) is 0 Å². The Bertz CT molecular complexity index is 477. The lowest BCUT2D eigenvalue weighted by molar-refractivity contribution is -0.143. The molecule has 0 spiro atoms. The Hall–Kier alpha value is -1.43. The van der Waals surface area contributed by atoms with Crippen molar-refractivity contribution in [3.63, 3.8) is 0 Å². The predicted octanol–water partition coefficient (Wildman–Crippen LogP) is 1.86. The van der Waals surface area contributed by atoms with Crippen molar-refractivity contribution < 1.29 is 14.7 Å². The molecule has 1 aliphatic carbocycles. The monoisotopic (exact) mass is 268 g/mol. The molecule has 1 aromatic heterocycles. The molecular formula is C12H16N2O3S. The number of hydrogen-bond acceptors (Lipinski definition) is 4. The van der Waals surface area contributed by atoms with Crippen LogP contribution in [0.1, 0.15) is 47.3 Å². The summed E-state index contributed by atoms with van der Waals surface area (Å²) < 4.78 is 0. The van der Waals surface area contributed by atoms with Crippen LogP contribution in [0.5, 0.6) is 0 Å². The number of thiazole rings is 1. The van der Waals surface area contributed by atoms with E-state index >= 15 is 0 Å². The highest BCUT2D eigenvalue weighted by Gasteiger charge is 2.50. The van der Waals surface area contributed by atoms with Gasteiger partial charge in [0.25, 0.3) is 5.91 Å². The number of amides is 1. The molecule has 6 heteroatoms. The Morgan fingerprint density at radius 3 is 2.67 bits per heavy atom. The second-order valence-electron chi connectivity index (χ2n) is 4.99. The smallest absolute Gasteiger partial charge is 0.311 e. The maximum atomic E-state index is 11.8. The number of hydrogen-bond donors (Lipinski definition) is 2. The zero-order chi connectivity index (χ0) is 13.3. The summed E-state index contributed by atoms with van der Waals surface area (Å²) in [6.07, 6.45) is 2.83. The molecule has 1 aromatic rings. The van der Waals surface area contributed by atoms with Crippen molar-refractivity contribution in [1.29, 1.82) is 0 Å². The molecule has 1 amide bonds. The fourth-order valence-corrected chi connectivity index (χ4v) is 2.45. The summed E-state index contributed by atoms with van der Waals surface area (Å²) in [4.78, 5) is 27.5. The lowest BCUT2D eigenvalue weighted by atomic mass is 10.1. The van der Waals surface area contributed by atoms with Crippen LogP contribution >= 0.6 is 11.3 Å². The second kappa shape index (κ2) is 4.68. The summed E-state index contributed by atoms with van der Waals surface area (Å²) in [5, 5.41) is 12.6. The van der Waals surface area contributed by atoms with Gasteiger partial charge in [0.15, 0.2) is 0 Å². The first-order chi connectivity index (χ1) is 8.44. The Labute approximate surface area is 109 Å². The Balaban J connectivity index is 1.94. The molecule has 2 rings (SSSR count). The summed E-state index contributed by atoms with van der Waals surface area (Å²) in [6, 6.07) is 0. The molecule has 0 bridgehead atoms. The summed E-state index contributed by atoms with van der Waals surface area (Å²) in [5.41, 5.74) is -0.721. The van der Waals surface area contributed by atoms with E-state index in [-0.39, 0.29) is 12.5 Å². The molecule has 0 aromatic carbocycles. The lowest BCUT2D eigenvalue weighted by Crippen LogP contribution is -2.33. The summed E-state index contributed by atoms with van der Waals surface area (Å²) in [5.74, 6) is -0.757. The van der Waals surface area contributed by atoms with Gasteiger partial charge in [0.2, 0.25) is 0 Å². The highest BCUT2D eigenvalue weighted by molar-refractivity contribution is 7.13. The maximum Gasteiger partial charge on any atom is 0.311 e. The van der Waals surface area contributed by atoms with E-state index in [0.29, 0.717) is 23.6 Å². The minimum absolute atomic E-state index is 0.204. The Morgan fingerprint density at radius 2 is 2.22 bits per heavy atom. The molecule has 2 N–H and O–H groups in total. The van der Waals surface area contributed by atoms with Gasteiger partial charge in [0, 0.05) is 12.5 Å². The van der Waals surface area contributed by atoms with Crippen LogP contribution in [0, 0.1) is 5.41 Å². The van der Waals surface area contributed by atoms with Gasteiger partial charge in [-0.2, -0.15) is 0 Å². The summed E-state index contributed by atoms with van der Waals surface area (Å²) in [6.45, 7) is 4.24. The third kappa shape index (κ3) is 2.53. The zero-order valence-corrected chi connectivity index (χ0v) is 11.2. The largest absolute Gasteiger partial charge is 0.481 e. The van der Waals surface area contributed by atoms with Gasteiger partial charge in [0.05, 0.1) is 16.6 Å². The standard InChI is InChI=1S/C12H16N2O3S/c1-7(2)10-13-5-8(18-10)9(15)14-6-12(3-4-12)11(16)17/h5,7H,3-4,6H2,1-2H3,(H,14,15)(H,16,17). The number of carbonyl (C=O) groups excluding carboxylic acids is 1. The van der Waals surface area contributed by atoms with Gasteiger partial charge in [-0.25, -0.2) is 4.98 Å². The van der Waals surface area contributed by atoms with Crippen molar-refractivity contribution in [2.24, 2.45) is 5.41 Å². The number of aromatic nitrogens is 1. The highest BCUT2D eigenvalue weighted by atomic mass is 32.1. The molecule has 1 aliphatic rings. The third-order valence-electron chi connectivity index (χ3n) is 3.14. The number of nitrogens with zero attached hydrogens (tertiary/aromatic N) is 1. The van der Waals surface area contributed by atoms with Crippen LogP contribution in [-0.4, -0.2) is 28.5 Å². The lowest BCUT2D eigenvalue weighted by Gasteiger charge is -2.09. The number of nitrogens with one attached hydrogen (secondary N) is 1. The van der Waals surface area contributed by atoms with E-state index in [1.54, 1.807) is 6.20 Å². The number of carboxylic acid groups (broad SMARTS) is 1. The molecular weight excluding hydrogens is 252 g/mol. The number of aliphatic carboxylic acids is 1. The van der Waals surface area contributed by atoms with E-state index in [2.05, 4.69) is 10.3 Å². The Kier molecular flexibility index (Phi) is 3.38. The van der Waals surface area contributed by atoms with Crippen LogP contribution in [0.2, 0.25) is 0 Å². The van der Waals surface area contributed by atoms with E-state index < -0.39 is 11.4 Å². The minimum Gasteiger partial charge on any atom is -0.481 e. The zero-order valence-electron chi connectivity index (χ0n) is 10.4. The first-order valence-corrected chi connectivity index (χ1v) is 6.73. The number of carboxylic acids is 1. The van der Waals surface area contributed by atoms with Crippen molar-refractivity contribution in [2.75, 3.05) is 6.54 Å². The van der Waals surface area contributed by atoms with Crippen molar-refractivity contribution in [3.05, 3.63) is 16.1 Å². The molecule has 0 saturated heterocycles. The van der Waals surface area contributed by atoms with Crippen LogP contribution < -0.4 is 5.32 Å². The SMILES string of the molecule is CC(C)c1ncc(C(=O)NCC2(C(=O)O)CC2)s1. The van der Waals surface area contributed by atoms with Crippen molar-refractivity contribution in [1.82, 2.24) is 10.3 Å². The summed E-state index contributed by atoms with van der Waals surface area (Å²) in [7, 11) is 0. The van der Waals surface area contributed by atoms with Crippen LogP contribution in [-0.2, 0) is 4.79 Å². The molecule has 1 saturated carbocycles. The van der Waals surface area contributed by atoms with Crippen LogP contribution in [0.25, 0.3) is 0 Å². The van der Waals surface area contributed by atoms with Gasteiger partial charge in [-0.1, -0.05) is 13.8 Å². The summed E-state index contributed by atoms with van der Waals surface area (Å²) >= 11 is 1.36. The molecule has 5 nitrogen and oxygen atoms in total. The Morgan fingerprint density at radius 1 is 1.56 bits per heavy atom. The average Bonchev–Trinajstić information content (AvgIpc) is 2.94. The second-order valence-corrected chi connectivity index (χ2v) is 6.05. The van der Waals surface area contributed by atoms with Gasteiger partial charge in [-0.3, -0.25) is 9.59 Å². The maximum absolute atomic E-state index is 11.8. The predicted molar refractivity (Wildman–Crippen MR) is 67.8 cm³/mol. The van der Waals surface area contributed by atoms with Gasteiger partial charge in [-0.05, 0) is 12.8 Å². The van der Waals surface area contributed by atoms with Crippen LogP contribution in [0.15, 0.2) is 6.20 Å². The normalized spacial score (nSPS) is 16.6. The molecule has 18 heavy (non-hydrogen) atoms. The molecule has 1 heterocycles. The topological polar surface area (TPSA) is 79.3 Å². The van der Waals surface area contributed by atoms with Crippen molar-refractivity contribution >= 4 is 23.2 Å². The number of rotatable bonds is 5. The van der Waals surface area contributed by atoms with Crippen molar-refractivity contribution in [2.45, 2.75) is 32.6 Å². The molecule has 0 atom stereocenters. The van der Waals surface area contributed by atoms with Gasteiger partial charge >= 0.3 is 5.97 Å². The van der Waals surface area contributed by atoms with E-state index in [1.807, 2.05) is 13.8 Å². The fourth-order valence-electron chi connectivity index (χ4n) is 1.61. The molecule has 98 valence electrons. The minimum atomic E-state index is -0.824.